The molecule has 2 N–H and O–H groups in total. The summed E-state index contributed by atoms with van der Waals surface area (Å²) in [6.07, 6.45) is 2.64. The molecule has 0 saturated heterocycles. The third kappa shape index (κ3) is 4.23. The summed E-state index contributed by atoms with van der Waals surface area (Å²) in [6.45, 7) is 6.68. The van der Waals surface area contributed by atoms with E-state index in [1.165, 1.54) is 22.6 Å². The fourth-order valence-corrected chi connectivity index (χ4v) is 2.18. The minimum atomic E-state index is -0.786. The lowest BCUT2D eigenvalue weighted by atomic mass is 10.2. The molecule has 2 aromatic rings. The normalized spacial score (nSPS) is 10.8. The first-order valence-corrected chi connectivity index (χ1v) is 8.08. The standard InChI is InChI=1S/C15H21N7O4/c1-5-21-7-10(12(19-21)14(23)16-6-9(2)3)17-15(24)13-11(22(25)26)8-20(4)18-13/h7-9H,5-6H2,1-4H3,(H,16,23)(H,17,24). The lowest BCUT2D eigenvalue weighted by molar-refractivity contribution is -0.385. The molecule has 0 spiro atoms. The first kappa shape index (κ1) is 19.1. The Bertz CT molecular complexity index is 837. The number of rotatable bonds is 7. The molecule has 0 atom stereocenters. The number of carbonyl (C=O) groups excluding carboxylic acids is 2. The van der Waals surface area contributed by atoms with Gasteiger partial charge in [-0.25, -0.2) is 0 Å². The molecule has 0 fully saturated rings. The molecule has 0 radical (unpaired) electrons. The number of nitro groups is 1. The molecule has 26 heavy (non-hydrogen) atoms. The van der Waals surface area contributed by atoms with Crippen LogP contribution in [0.25, 0.3) is 0 Å². The highest BCUT2D eigenvalue weighted by Crippen LogP contribution is 2.20. The second kappa shape index (κ2) is 7.76. The van der Waals surface area contributed by atoms with Crippen LogP contribution < -0.4 is 10.6 Å². The van der Waals surface area contributed by atoms with Crippen LogP contribution in [0.2, 0.25) is 0 Å². The van der Waals surface area contributed by atoms with Crippen molar-refractivity contribution in [2.75, 3.05) is 11.9 Å². The number of anilines is 1. The molecule has 2 aromatic heterocycles. The van der Waals surface area contributed by atoms with Gasteiger partial charge in [0.15, 0.2) is 5.69 Å². The number of aromatic nitrogens is 4. The minimum absolute atomic E-state index is 0.0411. The summed E-state index contributed by atoms with van der Waals surface area (Å²) in [5, 5.41) is 24.3. The van der Waals surface area contributed by atoms with Crippen LogP contribution >= 0.6 is 0 Å². The Morgan fingerprint density at radius 1 is 1.23 bits per heavy atom. The smallest absolute Gasteiger partial charge is 0.320 e. The molecule has 0 unspecified atom stereocenters. The third-order valence-electron chi connectivity index (χ3n) is 3.44. The zero-order chi connectivity index (χ0) is 19.4. The van der Waals surface area contributed by atoms with E-state index in [0.29, 0.717) is 13.1 Å². The van der Waals surface area contributed by atoms with Crippen molar-refractivity contribution in [3.63, 3.8) is 0 Å². The van der Waals surface area contributed by atoms with Gasteiger partial charge in [0.2, 0.25) is 5.69 Å². The molecule has 11 nitrogen and oxygen atoms in total. The van der Waals surface area contributed by atoms with Gasteiger partial charge in [-0.05, 0) is 12.8 Å². The maximum atomic E-state index is 12.4. The molecule has 0 aliphatic heterocycles. The molecule has 0 aromatic carbocycles. The van der Waals surface area contributed by atoms with E-state index in [0.717, 1.165) is 6.20 Å². The van der Waals surface area contributed by atoms with Crippen LogP contribution in [0.4, 0.5) is 11.4 Å². The number of carbonyl (C=O) groups is 2. The number of nitrogens with one attached hydrogen (secondary N) is 2. The summed E-state index contributed by atoms with van der Waals surface area (Å²) in [5.74, 6) is -0.969. The summed E-state index contributed by atoms with van der Waals surface area (Å²) >= 11 is 0. The summed E-state index contributed by atoms with van der Waals surface area (Å²) in [4.78, 5) is 35.1. The average Bonchev–Trinajstić information content (AvgIpc) is 3.16. The van der Waals surface area contributed by atoms with E-state index in [1.807, 2.05) is 20.8 Å². The van der Waals surface area contributed by atoms with Gasteiger partial charge in [0.05, 0.1) is 10.6 Å². The van der Waals surface area contributed by atoms with Crippen LogP contribution in [0.15, 0.2) is 12.4 Å². The van der Waals surface area contributed by atoms with Crippen LogP contribution in [0.1, 0.15) is 41.7 Å². The second-order valence-corrected chi connectivity index (χ2v) is 6.10. The highest BCUT2D eigenvalue weighted by Gasteiger charge is 2.27. The van der Waals surface area contributed by atoms with Crippen LogP contribution in [0, 0.1) is 16.0 Å². The number of hydrogen-bond donors (Lipinski definition) is 2. The zero-order valence-corrected chi connectivity index (χ0v) is 15.0. The molecule has 140 valence electrons. The van der Waals surface area contributed by atoms with Crippen molar-refractivity contribution in [2.45, 2.75) is 27.3 Å². The monoisotopic (exact) mass is 363 g/mol. The van der Waals surface area contributed by atoms with Crippen LogP contribution in [0.5, 0.6) is 0 Å². The number of nitrogens with zero attached hydrogens (tertiary/aromatic N) is 5. The Kier molecular flexibility index (Phi) is 5.70. The Hall–Kier alpha value is -3.24. The van der Waals surface area contributed by atoms with Gasteiger partial charge in [0, 0.05) is 26.3 Å². The molecule has 0 saturated carbocycles. The minimum Gasteiger partial charge on any atom is -0.350 e. The van der Waals surface area contributed by atoms with E-state index < -0.39 is 22.4 Å². The van der Waals surface area contributed by atoms with Crippen molar-refractivity contribution in [2.24, 2.45) is 13.0 Å². The molecule has 11 heteroatoms. The molecule has 0 aliphatic rings. The quantitative estimate of drug-likeness (QED) is 0.560. The van der Waals surface area contributed by atoms with Crippen molar-refractivity contribution < 1.29 is 14.5 Å². The number of aryl methyl sites for hydroxylation is 2. The van der Waals surface area contributed by atoms with Crippen molar-refractivity contribution in [3.8, 4) is 0 Å². The Morgan fingerprint density at radius 3 is 2.50 bits per heavy atom. The van der Waals surface area contributed by atoms with Gasteiger partial charge in [0.1, 0.15) is 6.20 Å². The van der Waals surface area contributed by atoms with Crippen molar-refractivity contribution in [3.05, 3.63) is 33.9 Å². The van der Waals surface area contributed by atoms with E-state index in [4.69, 9.17) is 0 Å². The van der Waals surface area contributed by atoms with Crippen LogP contribution in [-0.2, 0) is 13.6 Å². The van der Waals surface area contributed by atoms with E-state index in [1.54, 1.807) is 0 Å². The molecular weight excluding hydrogens is 342 g/mol. The zero-order valence-electron chi connectivity index (χ0n) is 15.0. The topological polar surface area (TPSA) is 137 Å². The Labute approximate surface area is 149 Å². The van der Waals surface area contributed by atoms with Gasteiger partial charge in [-0.2, -0.15) is 10.2 Å². The third-order valence-corrected chi connectivity index (χ3v) is 3.44. The molecule has 2 heterocycles. The van der Waals surface area contributed by atoms with Gasteiger partial charge in [-0.1, -0.05) is 13.8 Å². The van der Waals surface area contributed by atoms with E-state index >= 15 is 0 Å². The lowest BCUT2D eigenvalue weighted by Gasteiger charge is -2.07. The van der Waals surface area contributed by atoms with Crippen LogP contribution in [-0.4, -0.2) is 42.8 Å². The Morgan fingerprint density at radius 2 is 1.92 bits per heavy atom. The van der Waals surface area contributed by atoms with Gasteiger partial charge < -0.3 is 10.6 Å². The van der Waals surface area contributed by atoms with Gasteiger partial charge in [-0.3, -0.25) is 29.1 Å². The van der Waals surface area contributed by atoms with E-state index in [2.05, 4.69) is 20.8 Å². The van der Waals surface area contributed by atoms with E-state index in [9.17, 15) is 19.7 Å². The number of hydrogen-bond acceptors (Lipinski definition) is 6. The van der Waals surface area contributed by atoms with Crippen LogP contribution in [0.3, 0.4) is 0 Å². The molecular formula is C15H21N7O4. The highest BCUT2D eigenvalue weighted by atomic mass is 16.6. The molecule has 0 aliphatic carbocycles. The maximum absolute atomic E-state index is 12.4. The maximum Gasteiger partial charge on any atom is 0.320 e. The van der Waals surface area contributed by atoms with Crippen molar-refractivity contribution >= 4 is 23.2 Å². The highest BCUT2D eigenvalue weighted by molar-refractivity contribution is 6.09. The molecule has 2 rings (SSSR count). The molecule has 0 bridgehead atoms. The predicted molar refractivity (Wildman–Crippen MR) is 92.9 cm³/mol. The number of amides is 2. The summed E-state index contributed by atoms with van der Waals surface area (Å²) in [7, 11) is 1.48. The lowest BCUT2D eigenvalue weighted by Crippen LogP contribution is -2.29. The van der Waals surface area contributed by atoms with Gasteiger partial charge in [-0.15, -0.1) is 0 Å². The SMILES string of the molecule is CCn1cc(NC(=O)c2nn(C)cc2[N+](=O)[O-])c(C(=O)NCC(C)C)n1. The van der Waals surface area contributed by atoms with Crippen molar-refractivity contribution in [1.82, 2.24) is 24.9 Å². The molecule has 2 amide bonds. The van der Waals surface area contributed by atoms with Gasteiger partial charge >= 0.3 is 5.69 Å². The predicted octanol–water partition coefficient (Wildman–Crippen LogP) is 1.18. The summed E-state index contributed by atoms with van der Waals surface area (Å²) in [6, 6.07) is 0. The second-order valence-electron chi connectivity index (χ2n) is 6.10. The summed E-state index contributed by atoms with van der Waals surface area (Å²) < 4.78 is 2.67. The fraction of sp³-hybridized carbons (Fsp3) is 0.467. The summed E-state index contributed by atoms with van der Waals surface area (Å²) in [5.41, 5.74) is -0.550. The average molecular weight is 363 g/mol. The Balaban J connectivity index is 2.28. The first-order chi connectivity index (χ1) is 12.2. The first-order valence-electron chi connectivity index (χ1n) is 8.08. The van der Waals surface area contributed by atoms with Crippen molar-refractivity contribution in [1.29, 1.82) is 0 Å². The largest absolute Gasteiger partial charge is 0.350 e. The van der Waals surface area contributed by atoms with E-state index in [-0.39, 0.29) is 23.0 Å². The van der Waals surface area contributed by atoms with Gasteiger partial charge in [0.25, 0.3) is 11.8 Å². The fourth-order valence-electron chi connectivity index (χ4n) is 2.18.